The molecule has 0 aliphatic rings. The van der Waals surface area contributed by atoms with E-state index < -0.39 is 26.8 Å². The maximum Gasteiger partial charge on any atom is 0.417 e. The van der Waals surface area contributed by atoms with E-state index in [2.05, 4.69) is 13.2 Å². The molecule has 0 atom stereocenters. The van der Waals surface area contributed by atoms with Gasteiger partial charge >= 0.3 is 6.18 Å². The Bertz CT molecular complexity index is 451. The molecule has 0 saturated carbocycles. The van der Waals surface area contributed by atoms with E-state index in [0.717, 1.165) is 12.1 Å². The number of alkyl halides is 3. The van der Waals surface area contributed by atoms with Crippen molar-refractivity contribution in [1.29, 1.82) is 0 Å². The summed E-state index contributed by atoms with van der Waals surface area (Å²) in [5, 5.41) is 0. The normalized spacial score (nSPS) is 11.5. The Morgan fingerprint density at radius 3 is 1.88 bits per heavy atom. The molecule has 0 bridgehead atoms. The largest absolute Gasteiger partial charge is 0.417 e. The minimum Gasteiger partial charge on any atom is -0.282 e. The fraction of sp³-hybridized carbons (Fsp3) is 0.111. The molecule has 0 fully saturated rings. The number of halogens is 3. The van der Waals surface area contributed by atoms with Gasteiger partial charge in [0, 0.05) is 0 Å². The average Bonchev–Trinajstić information content (AvgIpc) is 2.18. The Kier molecular flexibility index (Phi) is 4.70. The van der Waals surface area contributed by atoms with Crippen LogP contribution in [0, 0.1) is 0 Å². The van der Waals surface area contributed by atoms with Gasteiger partial charge in [-0.3, -0.25) is 4.55 Å². The molecule has 0 aliphatic carbocycles. The summed E-state index contributed by atoms with van der Waals surface area (Å²) < 4.78 is 66.2. The SMILES string of the molecule is C=C.O=S(=O)(O)c1ccccc1C(F)(F)F. The van der Waals surface area contributed by atoms with E-state index in [1.54, 1.807) is 0 Å². The fourth-order valence-electron chi connectivity index (χ4n) is 0.926. The highest BCUT2D eigenvalue weighted by molar-refractivity contribution is 7.85. The van der Waals surface area contributed by atoms with Crippen molar-refractivity contribution in [3.8, 4) is 0 Å². The van der Waals surface area contributed by atoms with Crippen LogP contribution in [0.2, 0.25) is 0 Å². The third kappa shape index (κ3) is 3.67. The van der Waals surface area contributed by atoms with Gasteiger partial charge in [-0.2, -0.15) is 21.6 Å². The molecule has 0 heterocycles. The summed E-state index contributed by atoms with van der Waals surface area (Å²) in [5.41, 5.74) is -1.37. The summed E-state index contributed by atoms with van der Waals surface area (Å²) in [6, 6.07) is 3.41. The average molecular weight is 254 g/mol. The standard InChI is InChI=1S/C7H5F3O3S.C2H4/c8-7(9,10)5-3-1-2-4-6(5)14(11,12)13;1-2/h1-4H,(H,11,12,13);1-2H2. The quantitative estimate of drug-likeness (QED) is 0.619. The third-order valence-electron chi connectivity index (χ3n) is 1.47. The molecule has 3 nitrogen and oxygen atoms in total. The highest BCUT2D eigenvalue weighted by atomic mass is 32.2. The van der Waals surface area contributed by atoms with Crippen molar-refractivity contribution in [2.75, 3.05) is 0 Å². The van der Waals surface area contributed by atoms with Crippen LogP contribution in [0.1, 0.15) is 5.56 Å². The molecule has 1 aromatic carbocycles. The first-order valence-corrected chi connectivity index (χ1v) is 5.30. The van der Waals surface area contributed by atoms with Gasteiger partial charge in [0.05, 0.1) is 5.56 Å². The maximum absolute atomic E-state index is 12.2. The highest BCUT2D eigenvalue weighted by Gasteiger charge is 2.36. The minimum absolute atomic E-state index is 0.586. The van der Waals surface area contributed by atoms with E-state index in [9.17, 15) is 21.6 Å². The van der Waals surface area contributed by atoms with Gasteiger partial charge in [0.2, 0.25) is 0 Å². The molecule has 1 aromatic rings. The number of benzene rings is 1. The first kappa shape index (κ1) is 14.7. The molecular formula is C9H9F3O3S. The van der Waals surface area contributed by atoms with Crippen LogP contribution in [0.25, 0.3) is 0 Å². The van der Waals surface area contributed by atoms with Gasteiger partial charge in [-0.15, -0.1) is 13.2 Å². The lowest BCUT2D eigenvalue weighted by atomic mass is 10.2. The second-order valence-corrected chi connectivity index (χ2v) is 3.86. The lowest BCUT2D eigenvalue weighted by Gasteiger charge is -2.09. The van der Waals surface area contributed by atoms with Crippen molar-refractivity contribution in [3.05, 3.63) is 43.0 Å². The van der Waals surface area contributed by atoms with Crippen molar-refractivity contribution in [1.82, 2.24) is 0 Å². The van der Waals surface area contributed by atoms with Crippen LogP contribution >= 0.6 is 0 Å². The molecule has 90 valence electrons. The van der Waals surface area contributed by atoms with E-state index in [1.165, 1.54) is 0 Å². The van der Waals surface area contributed by atoms with Gasteiger partial charge in [0.25, 0.3) is 10.1 Å². The lowest BCUT2D eigenvalue weighted by molar-refractivity contribution is -0.140. The van der Waals surface area contributed by atoms with Crippen molar-refractivity contribution in [3.63, 3.8) is 0 Å². The molecule has 16 heavy (non-hydrogen) atoms. The molecule has 1 N–H and O–H groups in total. The van der Waals surface area contributed by atoms with E-state index in [0.29, 0.717) is 12.1 Å². The monoisotopic (exact) mass is 254 g/mol. The summed E-state index contributed by atoms with van der Waals surface area (Å²) in [6.45, 7) is 6.00. The zero-order valence-electron chi connectivity index (χ0n) is 8.03. The second kappa shape index (κ2) is 5.13. The van der Waals surface area contributed by atoms with Gasteiger partial charge in [0.15, 0.2) is 0 Å². The topological polar surface area (TPSA) is 54.4 Å². The predicted octanol–water partition coefficient (Wildman–Crippen LogP) is 2.75. The van der Waals surface area contributed by atoms with Crippen molar-refractivity contribution in [2.24, 2.45) is 0 Å². The number of hydrogen-bond donors (Lipinski definition) is 1. The molecule has 7 heteroatoms. The Morgan fingerprint density at radius 1 is 1.12 bits per heavy atom. The third-order valence-corrected chi connectivity index (χ3v) is 2.38. The van der Waals surface area contributed by atoms with Gasteiger partial charge in [-0.25, -0.2) is 0 Å². The molecule has 0 unspecified atom stereocenters. The van der Waals surface area contributed by atoms with Gasteiger partial charge < -0.3 is 0 Å². The molecule has 1 rings (SSSR count). The Labute approximate surface area is 91.0 Å². The van der Waals surface area contributed by atoms with Crippen LogP contribution in [-0.4, -0.2) is 13.0 Å². The van der Waals surface area contributed by atoms with Crippen LogP contribution in [0.5, 0.6) is 0 Å². The van der Waals surface area contributed by atoms with Crippen molar-refractivity contribution >= 4 is 10.1 Å². The highest BCUT2D eigenvalue weighted by Crippen LogP contribution is 2.33. The van der Waals surface area contributed by atoms with E-state index in [4.69, 9.17) is 4.55 Å². The van der Waals surface area contributed by atoms with Crippen molar-refractivity contribution < 1.29 is 26.1 Å². The fourth-order valence-corrected chi connectivity index (χ4v) is 1.64. The molecular weight excluding hydrogens is 245 g/mol. The Balaban J connectivity index is 0.00000106. The van der Waals surface area contributed by atoms with Crippen molar-refractivity contribution in [2.45, 2.75) is 11.1 Å². The number of hydrogen-bond acceptors (Lipinski definition) is 2. The first-order valence-electron chi connectivity index (χ1n) is 3.86. The van der Waals surface area contributed by atoms with Crippen LogP contribution in [-0.2, 0) is 16.3 Å². The zero-order valence-corrected chi connectivity index (χ0v) is 8.85. The Morgan fingerprint density at radius 2 is 1.56 bits per heavy atom. The predicted molar refractivity (Wildman–Crippen MR) is 52.5 cm³/mol. The van der Waals surface area contributed by atoms with E-state index in [-0.39, 0.29) is 0 Å². The smallest absolute Gasteiger partial charge is 0.282 e. The Hall–Kier alpha value is -1.34. The van der Waals surface area contributed by atoms with Crippen LogP contribution < -0.4 is 0 Å². The molecule has 0 aliphatic heterocycles. The molecule has 0 amide bonds. The minimum atomic E-state index is -4.84. The van der Waals surface area contributed by atoms with Gasteiger partial charge in [-0.05, 0) is 12.1 Å². The van der Waals surface area contributed by atoms with Gasteiger partial charge in [0.1, 0.15) is 4.90 Å². The number of rotatable bonds is 1. The molecule has 0 aromatic heterocycles. The lowest BCUT2D eigenvalue weighted by Crippen LogP contribution is -2.12. The van der Waals surface area contributed by atoms with Crippen LogP contribution in [0.15, 0.2) is 42.3 Å². The summed E-state index contributed by atoms with van der Waals surface area (Å²) in [7, 11) is -4.84. The van der Waals surface area contributed by atoms with Crippen LogP contribution in [0.4, 0.5) is 13.2 Å². The maximum atomic E-state index is 12.2. The second-order valence-electron chi connectivity index (χ2n) is 2.47. The van der Waals surface area contributed by atoms with E-state index >= 15 is 0 Å². The zero-order chi connectivity index (χ0) is 13.0. The molecule has 0 spiro atoms. The van der Waals surface area contributed by atoms with Gasteiger partial charge in [-0.1, -0.05) is 12.1 Å². The molecule has 0 saturated heterocycles. The summed E-state index contributed by atoms with van der Waals surface area (Å²) in [5.74, 6) is 0. The summed E-state index contributed by atoms with van der Waals surface area (Å²) in [6.07, 6.45) is -4.80. The van der Waals surface area contributed by atoms with Crippen LogP contribution in [0.3, 0.4) is 0 Å². The molecule has 0 radical (unpaired) electrons. The summed E-state index contributed by atoms with van der Waals surface area (Å²) in [4.78, 5) is -1.13. The van der Waals surface area contributed by atoms with E-state index in [1.807, 2.05) is 0 Å². The summed E-state index contributed by atoms with van der Waals surface area (Å²) >= 11 is 0. The first-order chi connectivity index (χ1) is 7.23.